The van der Waals surface area contributed by atoms with Crippen LogP contribution in [0.5, 0.6) is 0 Å². The van der Waals surface area contributed by atoms with Crippen LogP contribution in [0.25, 0.3) is 0 Å². The summed E-state index contributed by atoms with van der Waals surface area (Å²) in [5, 5.41) is 3.68. The van der Waals surface area contributed by atoms with Crippen molar-refractivity contribution in [1.82, 2.24) is 10.3 Å². The molecule has 0 spiro atoms. The van der Waals surface area contributed by atoms with E-state index in [-0.39, 0.29) is 5.56 Å². The number of carbonyl (C=O) groups excluding carboxylic acids is 1. The second kappa shape index (κ2) is 5.60. The first-order chi connectivity index (χ1) is 7.50. The third kappa shape index (κ3) is 3.62. The molecular weight excluding hydrogens is 277 g/mol. The van der Waals surface area contributed by atoms with Gasteiger partial charge in [0.2, 0.25) is 0 Å². The molecule has 16 heavy (non-hydrogen) atoms. The molecule has 0 atom stereocenters. The number of nitrogens with zero attached hydrogens (tertiary/aromatic N) is 2. The van der Waals surface area contributed by atoms with Crippen LogP contribution in [0.4, 0.5) is 4.39 Å². The predicted molar refractivity (Wildman–Crippen MR) is 63.7 cm³/mol. The van der Waals surface area contributed by atoms with Gasteiger partial charge >= 0.3 is 0 Å². The molecule has 1 aromatic rings. The van der Waals surface area contributed by atoms with E-state index in [1.165, 1.54) is 18.5 Å². The van der Waals surface area contributed by atoms with E-state index >= 15 is 0 Å². The van der Waals surface area contributed by atoms with E-state index in [2.05, 4.69) is 26.5 Å². The first-order valence-electron chi connectivity index (χ1n) is 4.45. The molecule has 4 nitrogen and oxygen atoms in total. The molecule has 0 saturated carbocycles. The van der Waals surface area contributed by atoms with Crippen molar-refractivity contribution in [2.75, 3.05) is 14.1 Å². The van der Waals surface area contributed by atoms with Crippen LogP contribution in [0.1, 0.15) is 10.4 Å². The first-order valence-corrected chi connectivity index (χ1v) is 5.25. The van der Waals surface area contributed by atoms with Gasteiger partial charge in [-0.3, -0.25) is 4.79 Å². The molecule has 0 unspecified atom stereocenters. The quantitative estimate of drug-likeness (QED) is 0.524. The summed E-state index contributed by atoms with van der Waals surface area (Å²) in [7, 11) is 3.54. The van der Waals surface area contributed by atoms with Crippen molar-refractivity contribution >= 4 is 28.2 Å². The molecule has 0 fully saturated rings. The fourth-order valence-electron chi connectivity index (χ4n) is 0.935. The molecule has 0 aliphatic carbocycles. The van der Waals surface area contributed by atoms with E-state index in [0.29, 0.717) is 4.47 Å². The van der Waals surface area contributed by atoms with Gasteiger partial charge in [0.25, 0.3) is 5.91 Å². The standard InChI is InChI=1S/C10H11BrFN3O/c1-15(2)6-13-14-10(16)8-5-7(12)3-4-9(8)11/h3-6H,1-2H3,(H,14,16)/b13-6+. The minimum absolute atomic E-state index is 0.205. The van der Waals surface area contributed by atoms with Gasteiger partial charge in [-0.25, -0.2) is 9.82 Å². The Morgan fingerprint density at radius 2 is 2.25 bits per heavy atom. The minimum Gasteiger partial charge on any atom is -0.367 e. The highest BCUT2D eigenvalue weighted by molar-refractivity contribution is 9.10. The van der Waals surface area contributed by atoms with Crippen molar-refractivity contribution in [2.45, 2.75) is 0 Å². The Morgan fingerprint density at radius 1 is 1.56 bits per heavy atom. The molecule has 0 bridgehead atoms. The van der Waals surface area contributed by atoms with Crippen molar-refractivity contribution < 1.29 is 9.18 Å². The van der Waals surface area contributed by atoms with E-state index in [1.54, 1.807) is 19.0 Å². The zero-order valence-electron chi connectivity index (χ0n) is 8.87. The lowest BCUT2D eigenvalue weighted by atomic mass is 10.2. The fraction of sp³-hybridized carbons (Fsp3) is 0.200. The summed E-state index contributed by atoms with van der Waals surface area (Å²) in [5.41, 5.74) is 2.50. The highest BCUT2D eigenvalue weighted by atomic mass is 79.9. The van der Waals surface area contributed by atoms with Crippen LogP contribution in [0, 0.1) is 5.82 Å². The van der Waals surface area contributed by atoms with E-state index in [1.807, 2.05) is 0 Å². The summed E-state index contributed by atoms with van der Waals surface area (Å²) in [4.78, 5) is 13.2. The van der Waals surface area contributed by atoms with Gasteiger partial charge < -0.3 is 4.90 Å². The lowest BCUT2D eigenvalue weighted by molar-refractivity contribution is 0.0953. The first kappa shape index (κ1) is 12.6. The van der Waals surface area contributed by atoms with Gasteiger partial charge in [-0.15, -0.1) is 0 Å². The monoisotopic (exact) mass is 287 g/mol. The maximum absolute atomic E-state index is 12.9. The third-order valence-electron chi connectivity index (χ3n) is 1.63. The molecule has 1 rings (SSSR count). The molecule has 0 saturated heterocycles. The Balaban J connectivity index is 2.77. The van der Waals surface area contributed by atoms with Crippen LogP contribution in [0.15, 0.2) is 27.8 Å². The molecule has 0 aromatic heterocycles. The summed E-state index contributed by atoms with van der Waals surface area (Å²) in [5.74, 6) is -0.936. The van der Waals surface area contributed by atoms with E-state index < -0.39 is 11.7 Å². The largest absolute Gasteiger partial charge is 0.367 e. The van der Waals surface area contributed by atoms with Gasteiger partial charge in [-0.05, 0) is 34.1 Å². The summed E-state index contributed by atoms with van der Waals surface area (Å²) in [6, 6.07) is 3.88. The molecule has 1 amide bonds. The Hall–Kier alpha value is -1.43. The van der Waals surface area contributed by atoms with Crippen LogP contribution >= 0.6 is 15.9 Å². The number of nitrogens with one attached hydrogen (secondary N) is 1. The number of carbonyl (C=O) groups is 1. The highest BCUT2D eigenvalue weighted by Crippen LogP contribution is 2.17. The lowest BCUT2D eigenvalue weighted by Crippen LogP contribution is -2.20. The van der Waals surface area contributed by atoms with Crippen molar-refractivity contribution in [2.24, 2.45) is 5.10 Å². The maximum Gasteiger partial charge on any atom is 0.272 e. The van der Waals surface area contributed by atoms with Crippen molar-refractivity contribution in [3.05, 3.63) is 34.1 Å². The summed E-state index contributed by atoms with van der Waals surface area (Å²) in [6.07, 6.45) is 1.44. The zero-order chi connectivity index (χ0) is 12.1. The highest BCUT2D eigenvalue weighted by Gasteiger charge is 2.09. The van der Waals surface area contributed by atoms with Crippen LogP contribution in [-0.2, 0) is 0 Å². The van der Waals surface area contributed by atoms with Crippen molar-refractivity contribution in [1.29, 1.82) is 0 Å². The number of hydrogen-bond donors (Lipinski definition) is 1. The predicted octanol–water partition coefficient (Wildman–Crippen LogP) is 1.82. The van der Waals surface area contributed by atoms with Crippen molar-refractivity contribution in [3.63, 3.8) is 0 Å². The topological polar surface area (TPSA) is 44.7 Å². The molecule has 0 radical (unpaired) electrons. The fourth-order valence-corrected chi connectivity index (χ4v) is 1.36. The molecule has 1 aromatic carbocycles. The number of halogens is 2. The van der Waals surface area contributed by atoms with E-state index in [9.17, 15) is 9.18 Å². The van der Waals surface area contributed by atoms with Gasteiger partial charge in [0.1, 0.15) is 12.2 Å². The Bertz CT molecular complexity index is 421. The Morgan fingerprint density at radius 3 is 2.88 bits per heavy atom. The Kier molecular flexibility index (Phi) is 4.42. The van der Waals surface area contributed by atoms with Gasteiger partial charge in [-0.1, -0.05) is 0 Å². The van der Waals surface area contributed by atoms with Crippen LogP contribution in [0.3, 0.4) is 0 Å². The van der Waals surface area contributed by atoms with Gasteiger partial charge in [0, 0.05) is 18.6 Å². The molecule has 0 aliphatic heterocycles. The number of hydrogen-bond acceptors (Lipinski definition) is 2. The molecule has 1 N–H and O–H groups in total. The maximum atomic E-state index is 12.9. The number of amides is 1. The molecule has 0 aliphatic rings. The zero-order valence-corrected chi connectivity index (χ0v) is 10.5. The minimum atomic E-state index is -0.468. The SMILES string of the molecule is CN(C)/C=N/NC(=O)c1cc(F)ccc1Br. The van der Waals surface area contributed by atoms with Crippen molar-refractivity contribution in [3.8, 4) is 0 Å². The average molecular weight is 288 g/mol. The summed E-state index contributed by atoms with van der Waals surface area (Å²) >= 11 is 3.16. The third-order valence-corrected chi connectivity index (χ3v) is 2.32. The normalized spacial score (nSPS) is 10.5. The van der Waals surface area contributed by atoms with Gasteiger partial charge in [-0.2, -0.15) is 5.10 Å². The molecular formula is C10H11BrFN3O. The second-order valence-electron chi connectivity index (χ2n) is 3.27. The Labute approximate surface area is 101 Å². The smallest absolute Gasteiger partial charge is 0.272 e. The molecule has 6 heteroatoms. The molecule has 0 heterocycles. The van der Waals surface area contributed by atoms with E-state index in [4.69, 9.17) is 0 Å². The van der Waals surface area contributed by atoms with Gasteiger partial charge in [0.05, 0.1) is 5.56 Å². The lowest BCUT2D eigenvalue weighted by Gasteiger charge is -2.04. The summed E-state index contributed by atoms with van der Waals surface area (Å²) < 4.78 is 13.4. The number of rotatable bonds is 3. The second-order valence-corrected chi connectivity index (χ2v) is 4.13. The van der Waals surface area contributed by atoms with Crippen LogP contribution < -0.4 is 5.43 Å². The average Bonchev–Trinajstić information content (AvgIpc) is 2.21. The van der Waals surface area contributed by atoms with E-state index in [0.717, 1.165) is 6.07 Å². The number of hydrazone groups is 1. The number of benzene rings is 1. The molecule has 86 valence electrons. The summed E-state index contributed by atoms with van der Waals surface area (Å²) in [6.45, 7) is 0. The van der Waals surface area contributed by atoms with Crippen LogP contribution in [0.2, 0.25) is 0 Å². The van der Waals surface area contributed by atoms with Crippen LogP contribution in [-0.4, -0.2) is 31.2 Å². The van der Waals surface area contributed by atoms with Gasteiger partial charge in [0.15, 0.2) is 0 Å².